The Labute approximate surface area is 204 Å². The van der Waals surface area contributed by atoms with E-state index < -0.39 is 43.9 Å². The van der Waals surface area contributed by atoms with Gasteiger partial charge in [0.05, 0.1) is 22.1 Å². The molecule has 0 saturated carbocycles. The zero-order chi connectivity index (χ0) is 25.9. The van der Waals surface area contributed by atoms with Gasteiger partial charge in [-0.1, -0.05) is 30.0 Å². The summed E-state index contributed by atoms with van der Waals surface area (Å²) in [6, 6.07) is 13.7. The molecule has 0 aliphatic carbocycles. The maximum Gasteiger partial charge on any atom is 0.335 e. The molecule has 0 aliphatic heterocycles. The number of nitrogens with one attached hydrogen (secondary N) is 2. The standard InChI is InChI=1S/C23H19N5O7S/c29-19-10-15(22(30)31)6-9-17(19)27-36(34,35)20-3-1-2-18(21(20)23(32)33)25-11-14-4-7-16(8-5-14)28-13-24-12-26-28/h1-10,12-13,25,27,29H,11H2,(H,30,31)(H,32,33)/p-2. The molecule has 0 saturated heterocycles. The fraction of sp³-hybridized carbons (Fsp3) is 0.0435. The third-order valence-corrected chi connectivity index (χ3v) is 6.50. The molecule has 0 fully saturated rings. The number of carbonyl (C=O) groups is 2. The Balaban J connectivity index is 1.58. The second-order valence-electron chi connectivity index (χ2n) is 7.45. The number of hydrogen-bond acceptors (Lipinski definition) is 9. The summed E-state index contributed by atoms with van der Waals surface area (Å²) in [5.41, 5.74) is 0.138. The van der Waals surface area contributed by atoms with Crippen molar-refractivity contribution in [3.63, 3.8) is 0 Å². The number of aromatic carboxylic acids is 2. The summed E-state index contributed by atoms with van der Waals surface area (Å²) in [6.45, 7) is 0.163. The van der Waals surface area contributed by atoms with Crippen LogP contribution in [-0.2, 0) is 16.6 Å². The van der Waals surface area contributed by atoms with Crippen molar-refractivity contribution in [3.05, 3.63) is 90.0 Å². The highest BCUT2D eigenvalue weighted by Gasteiger charge is 2.22. The fourth-order valence-corrected chi connectivity index (χ4v) is 4.65. The number of rotatable bonds is 9. The molecule has 184 valence electrons. The number of sulfonamides is 1. The number of carboxylic acids is 2. The van der Waals surface area contributed by atoms with E-state index in [0.29, 0.717) is 0 Å². The van der Waals surface area contributed by atoms with E-state index in [1.54, 1.807) is 28.9 Å². The quantitative estimate of drug-likeness (QED) is 0.292. The minimum Gasteiger partial charge on any atom is -0.871 e. The highest BCUT2D eigenvalue weighted by Crippen LogP contribution is 2.29. The summed E-state index contributed by atoms with van der Waals surface area (Å²) in [4.78, 5) is 26.2. The van der Waals surface area contributed by atoms with Gasteiger partial charge in [0, 0.05) is 23.5 Å². The Morgan fingerprint density at radius 1 is 1.03 bits per heavy atom. The summed E-state index contributed by atoms with van der Waals surface area (Å²) in [5.74, 6) is -3.99. The minimum absolute atomic E-state index is 0.0122. The van der Waals surface area contributed by atoms with Crippen LogP contribution in [0, 0.1) is 0 Å². The highest BCUT2D eigenvalue weighted by atomic mass is 32.2. The monoisotopic (exact) mass is 507 g/mol. The smallest absolute Gasteiger partial charge is 0.335 e. The third kappa shape index (κ3) is 5.10. The van der Waals surface area contributed by atoms with Crippen LogP contribution in [0.2, 0.25) is 0 Å². The van der Waals surface area contributed by atoms with Crippen LogP contribution in [-0.4, -0.2) is 40.2 Å². The van der Waals surface area contributed by atoms with Crippen LogP contribution in [0.4, 0.5) is 11.4 Å². The molecule has 0 radical (unpaired) electrons. The first-order valence-electron chi connectivity index (χ1n) is 10.2. The maximum atomic E-state index is 13.0. The zero-order valence-electron chi connectivity index (χ0n) is 18.3. The van der Waals surface area contributed by atoms with Crippen molar-refractivity contribution in [1.29, 1.82) is 0 Å². The molecule has 12 nitrogen and oxygen atoms in total. The Kier molecular flexibility index (Phi) is 6.56. The zero-order valence-corrected chi connectivity index (χ0v) is 19.1. The molecule has 4 rings (SSSR count). The number of anilines is 2. The number of carbonyl (C=O) groups excluding carboxylic acids is 1. The molecule has 0 atom stereocenters. The summed E-state index contributed by atoms with van der Waals surface area (Å²) < 4.78 is 29.5. The van der Waals surface area contributed by atoms with Crippen LogP contribution in [0.1, 0.15) is 26.3 Å². The molecule has 3 aromatic carbocycles. The average Bonchev–Trinajstić information content (AvgIpc) is 3.39. The van der Waals surface area contributed by atoms with Crippen LogP contribution in [0.3, 0.4) is 0 Å². The van der Waals surface area contributed by atoms with E-state index in [4.69, 9.17) is 5.11 Å². The lowest BCUT2D eigenvalue weighted by atomic mass is 10.1. The van der Waals surface area contributed by atoms with Gasteiger partial charge >= 0.3 is 5.97 Å². The van der Waals surface area contributed by atoms with Crippen molar-refractivity contribution in [3.8, 4) is 11.4 Å². The van der Waals surface area contributed by atoms with Gasteiger partial charge in [0.2, 0.25) is 0 Å². The molecule has 1 aromatic heterocycles. The van der Waals surface area contributed by atoms with E-state index in [2.05, 4.69) is 15.4 Å². The predicted octanol–water partition coefficient (Wildman–Crippen LogP) is 0.815. The lowest BCUT2D eigenvalue weighted by molar-refractivity contribution is -0.267. The molecule has 0 aliphatic rings. The lowest BCUT2D eigenvalue weighted by Gasteiger charge is -2.20. The molecule has 0 spiro atoms. The summed E-state index contributed by atoms with van der Waals surface area (Å²) in [7, 11) is -4.55. The Bertz CT molecular complexity index is 1540. The van der Waals surface area contributed by atoms with Crippen molar-refractivity contribution in [2.45, 2.75) is 11.4 Å². The van der Waals surface area contributed by atoms with E-state index >= 15 is 0 Å². The lowest BCUT2D eigenvalue weighted by Crippen LogP contribution is -2.28. The first-order chi connectivity index (χ1) is 17.2. The van der Waals surface area contributed by atoms with E-state index in [9.17, 15) is 28.2 Å². The number of benzene rings is 3. The van der Waals surface area contributed by atoms with Gasteiger partial charge in [-0.2, -0.15) is 5.10 Å². The van der Waals surface area contributed by atoms with E-state index in [-0.39, 0.29) is 17.8 Å². The van der Waals surface area contributed by atoms with Crippen LogP contribution in [0.5, 0.6) is 5.75 Å². The van der Waals surface area contributed by atoms with Gasteiger partial charge in [-0.15, -0.1) is 0 Å². The van der Waals surface area contributed by atoms with Gasteiger partial charge in [0.25, 0.3) is 10.0 Å². The summed E-state index contributed by atoms with van der Waals surface area (Å²) >= 11 is 0. The minimum atomic E-state index is -4.55. The SMILES string of the molecule is O=C(O)c1ccc(NS(=O)(=O)c2cccc(NCc3ccc(-n4cncn4)cc3)c2C(=O)[O-])c([O-])c1. The molecular weight excluding hydrogens is 490 g/mol. The number of carboxylic acid groups (broad SMARTS) is 2. The van der Waals surface area contributed by atoms with Crippen molar-refractivity contribution in [2.24, 2.45) is 0 Å². The number of nitrogens with zero attached hydrogens (tertiary/aromatic N) is 3. The van der Waals surface area contributed by atoms with Crippen molar-refractivity contribution < 1.29 is 33.3 Å². The fourth-order valence-electron chi connectivity index (χ4n) is 3.36. The van der Waals surface area contributed by atoms with Crippen LogP contribution in [0.15, 0.2) is 78.2 Å². The van der Waals surface area contributed by atoms with Crippen molar-refractivity contribution >= 4 is 33.3 Å². The molecule has 4 aromatic rings. The maximum absolute atomic E-state index is 13.0. The Hall–Kier alpha value is -4.91. The number of hydrogen-bond donors (Lipinski definition) is 3. The van der Waals surface area contributed by atoms with Crippen LogP contribution < -0.4 is 20.3 Å². The van der Waals surface area contributed by atoms with Crippen LogP contribution >= 0.6 is 0 Å². The molecular formula is C23H17N5O7S-2. The third-order valence-electron chi connectivity index (χ3n) is 5.10. The average molecular weight is 507 g/mol. The van der Waals surface area contributed by atoms with Gasteiger partial charge in [-0.05, 0) is 42.0 Å². The molecule has 13 heteroatoms. The summed E-state index contributed by atoms with van der Waals surface area (Å²) in [6.07, 6.45) is 2.94. The van der Waals surface area contributed by atoms with E-state index in [1.165, 1.54) is 24.8 Å². The van der Waals surface area contributed by atoms with Gasteiger partial charge in [0.1, 0.15) is 12.7 Å². The van der Waals surface area contributed by atoms with E-state index in [1.807, 2.05) is 4.72 Å². The molecule has 0 amide bonds. The van der Waals surface area contributed by atoms with Gasteiger partial charge in [-0.3, -0.25) is 4.72 Å². The molecule has 1 heterocycles. The van der Waals surface area contributed by atoms with Crippen molar-refractivity contribution in [1.82, 2.24) is 14.8 Å². The van der Waals surface area contributed by atoms with Gasteiger partial charge in [-0.25, -0.2) is 22.9 Å². The second kappa shape index (κ2) is 9.76. The Morgan fingerprint density at radius 3 is 2.39 bits per heavy atom. The highest BCUT2D eigenvalue weighted by molar-refractivity contribution is 7.92. The topological polar surface area (TPSA) is 189 Å². The van der Waals surface area contributed by atoms with Crippen molar-refractivity contribution in [2.75, 3.05) is 10.0 Å². The summed E-state index contributed by atoms with van der Waals surface area (Å²) in [5, 5.41) is 40.0. The molecule has 0 unspecified atom stereocenters. The van der Waals surface area contributed by atoms with E-state index in [0.717, 1.165) is 35.5 Å². The molecule has 36 heavy (non-hydrogen) atoms. The first-order valence-corrected chi connectivity index (χ1v) is 11.7. The predicted molar refractivity (Wildman–Crippen MR) is 123 cm³/mol. The Morgan fingerprint density at radius 2 is 1.78 bits per heavy atom. The van der Waals surface area contributed by atoms with Gasteiger partial charge < -0.3 is 25.4 Å². The normalized spacial score (nSPS) is 11.1. The number of aromatic nitrogens is 3. The van der Waals surface area contributed by atoms with Gasteiger partial charge in [0.15, 0.2) is 0 Å². The molecule has 3 N–H and O–H groups in total. The first kappa shape index (κ1) is 24.2. The second-order valence-corrected chi connectivity index (χ2v) is 9.10. The molecule has 0 bridgehead atoms. The van der Waals surface area contributed by atoms with Crippen LogP contribution in [0.25, 0.3) is 5.69 Å². The largest absolute Gasteiger partial charge is 0.871 e.